The van der Waals surface area contributed by atoms with Crippen molar-refractivity contribution in [1.82, 2.24) is 4.98 Å². The van der Waals surface area contributed by atoms with Gasteiger partial charge in [0.1, 0.15) is 9.88 Å². The van der Waals surface area contributed by atoms with Crippen molar-refractivity contribution in [3.05, 3.63) is 15.6 Å². The number of hydrogen-bond acceptors (Lipinski definition) is 5. The van der Waals surface area contributed by atoms with Crippen LogP contribution in [0.2, 0.25) is 0 Å². The van der Waals surface area contributed by atoms with Gasteiger partial charge >= 0.3 is 5.97 Å². The lowest BCUT2D eigenvalue weighted by molar-refractivity contribution is 0.0686. The van der Waals surface area contributed by atoms with E-state index in [0.29, 0.717) is 10.9 Å². The average molecular weight is 240 g/mol. The van der Waals surface area contributed by atoms with Gasteiger partial charge in [0.15, 0.2) is 11.5 Å². The Morgan fingerprint density at radius 1 is 1.56 bits per heavy atom. The minimum Gasteiger partial charge on any atom is -0.476 e. The largest absolute Gasteiger partial charge is 0.476 e. The van der Waals surface area contributed by atoms with E-state index in [1.165, 1.54) is 6.92 Å². The SMILES string of the molecule is CC(=O)c1sc(C(N)C2CC2)nc1C(=O)O. The summed E-state index contributed by atoms with van der Waals surface area (Å²) >= 11 is 1.11. The summed E-state index contributed by atoms with van der Waals surface area (Å²) in [6.45, 7) is 1.34. The Labute approximate surface area is 96.3 Å². The third-order valence-corrected chi connectivity index (χ3v) is 3.84. The fraction of sp³-hybridized carbons (Fsp3) is 0.500. The number of nitrogens with two attached hydrogens (primary N) is 1. The molecule has 1 aliphatic rings. The predicted octanol–water partition coefficient (Wildman–Crippen LogP) is 1.45. The van der Waals surface area contributed by atoms with Gasteiger partial charge in [-0.15, -0.1) is 11.3 Å². The highest BCUT2D eigenvalue weighted by Crippen LogP contribution is 2.41. The normalized spacial score (nSPS) is 17.1. The monoisotopic (exact) mass is 240 g/mol. The molecular formula is C10H12N2O3S. The molecule has 3 N–H and O–H groups in total. The van der Waals surface area contributed by atoms with Crippen molar-refractivity contribution in [1.29, 1.82) is 0 Å². The third-order valence-electron chi connectivity index (χ3n) is 2.58. The van der Waals surface area contributed by atoms with E-state index in [1.807, 2.05) is 0 Å². The van der Waals surface area contributed by atoms with Crippen LogP contribution in [-0.2, 0) is 0 Å². The lowest BCUT2D eigenvalue weighted by Crippen LogP contribution is -2.12. The second-order valence-corrected chi connectivity index (χ2v) is 4.99. The summed E-state index contributed by atoms with van der Waals surface area (Å²) in [7, 11) is 0. The summed E-state index contributed by atoms with van der Waals surface area (Å²) in [5.74, 6) is -1.05. The number of thiazole rings is 1. The summed E-state index contributed by atoms with van der Waals surface area (Å²) in [5, 5.41) is 9.48. The average Bonchev–Trinajstić information content (AvgIpc) is 2.94. The lowest BCUT2D eigenvalue weighted by atomic mass is 10.2. The number of carboxylic acid groups (broad SMARTS) is 1. The minimum absolute atomic E-state index is 0.163. The van der Waals surface area contributed by atoms with Crippen LogP contribution in [0.25, 0.3) is 0 Å². The number of carbonyl (C=O) groups excluding carboxylic acids is 1. The van der Waals surface area contributed by atoms with Crippen molar-refractivity contribution in [2.45, 2.75) is 25.8 Å². The number of Topliss-reactive ketones (excluding diaryl/α,β-unsaturated/α-hetero) is 1. The fourth-order valence-corrected chi connectivity index (χ4v) is 2.57. The molecule has 86 valence electrons. The highest BCUT2D eigenvalue weighted by molar-refractivity contribution is 7.14. The zero-order chi connectivity index (χ0) is 11.9. The molecule has 6 heteroatoms. The predicted molar refractivity (Wildman–Crippen MR) is 58.7 cm³/mol. The van der Waals surface area contributed by atoms with E-state index in [2.05, 4.69) is 4.98 Å². The van der Waals surface area contributed by atoms with E-state index >= 15 is 0 Å². The number of carboxylic acids is 1. The van der Waals surface area contributed by atoms with Gasteiger partial charge in [-0.05, 0) is 18.8 Å². The van der Waals surface area contributed by atoms with Gasteiger partial charge in [0.2, 0.25) is 0 Å². The summed E-state index contributed by atoms with van der Waals surface area (Å²) in [6.07, 6.45) is 2.11. The molecule has 1 atom stereocenters. The first-order valence-electron chi connectivity index (χ1n) is 5.01. The van der Waals surface area contributed by atoms with E-state index in [9.17, 15) is 9.59 Å². The van der Waals surface area contributed by atoms with Crippen molar-refractivity contribution in [2.24, 2.45) is 11.7 Å². The molecular weight excluding hydrogens is 228 g/mol. The lowest BCUT2D eigenvalue weighted by Gasteiger charge is -2.03. The molecule has 1 aromatic rings. The Morgan fingerprint density at radius 2 is 2.19 bits per heavy atom. The van der Waals surface area contributed by atoms with Crippen LogP contribution in [0.3, 0.4) is 0 Å². The van der Waals surface area contributed by atoms with Crippen molar-refractivity contribution in [3.63, 3.8) is 0 Å². The number of aromatic nitrogens is 1. The van der Waals surface area contributed by atoms with Gasteiger partial charge in [-0.3, -0.25) is 4.79 Å². The molecule has 16 heavy (non-hydrogen) atoms. The van der Waals surface area contributed by atoms with Gasteiger partial charge in [0.05, 0.1) is 6.04 Å². The Bertz CT molecular complexity index is 419. The number of rotatable bonds is 4. The van der Waals surface area contributed by atoms with Gasteiger partial charge < -0.3 is 10.8 Å². The van der Waals surface area contributed by atoms with Gasteiger partial charge in [0, 0.05) is 6.92 Å². The number of aromatic carboxylic acids is 1. The smallest absolute Gasteiger partial charge is 0.356 e. The van der Waals surface area contributed by atoms with Crippen LogP contribution in [0, 0.1) is 5.92 Å². The van der Waals surface area contributed by atoms with Crippen molar-refractivity contribution in [3.8, 4) is 0 Å². The molecule has 1 unspecified atom stereocenters. The number of carbonyl (C=O) groups is 2. The van der Waals surface area contributed by atoms with Crippen molar-refractivity contribution >= 4 is 23.1 Å². The summed E-state index contributed by atoms with van der Waals surface area (Å²) in [4.78, 5) is 26.3. The Morgan fingerprint density at radius 3 is 2.56 bits per heavy atom. The molecule has 0 aromatic carbocycles. The first-order valence-corrected chi connectivity index (χ1v) is 5.83. The highest BCUT2D eigenvalue weighted by Gasteiger charge is 2.33. The number of hydrogen-bond donors (Lipinski definition) is 2. The molecule has 0 saturated heterocycles. The summed E-state index contributed by atoms with van der Waals surface area (Å²) < 4.78 is 0. The minimum atomic E-state index is -1.17. The standard InChI is InChI=1S/C10H12N2O3S/c1-4(13)8-7(10(14)15)12-9(16-8)6(11)5-2-3-5/h5-6H,2-3,11H2,1H3,(H,14,15). The molecule has 1 fully saturated rings. The van der Waals surface area contributed by atoms with Crippen molar-refractivity contribution in [2.75, 3.05) is 0 Å². The zero-order valence-electron chi connectivity index (χ0n) is 8.77. The van der Waals surface area contributed by atoms with Gasteiger partial charge in [0.25, 0.3) is 0 Å². The van der Waals surface area contributed by atoms with Crippen LogP contribution >= 0.6 is 11.3 Å². The van der Waals surface area contributed by atoms with E-state index < -0.39 is 5.97 Å². The zero-order valence-corrected chi connectivity index (χ0v) is 9.58. The fourth-order valence-electron chi connectivity index (χ4n) is 1.52. The molecule has 0 radical (unpaired) electrons. The second-order valence-electron chi connectivity index (χ2n) is 3.95. The Hall–Kier alpha value is -1.27. The number of nitrogens with zero attached hydrogens (tertiary/aromatic N) is 1. The molecule has 0 aliphatic heterocycles. The van der Waals surface area contributed by atoms with E-state index in [0.717, 1.165) is 24.2 Å². The molecule has 1 saturated carbocycles. The van der Waals surface area contributed by atoms with Gasteiger partial charge in [-0.1, -0.05) is 0 Å². The van der Waals surface area contributed by atoms with E-state index in [4.69, 9.17) is 10.8 Å². The van der Waals surface area contributed by atoms with Crippen LogP contribution in [0.4, 0.5) is 0 Å². The summed E-state index contributed by atoms with van der Waals surface area (Å²) in [5.41, 5.74) is 5.76. The quantitative estimate of drug-likeness (QED) is 0.777. The van der Waals surface area contributed by atoms with Crippen LogP contribution in [0.1, 0.15) is 51.0 Å². The molecule has 0 spiro atoms. The molecule has 1 aliphatic carbocycles. The maximum absolute atomic E-state index is 11.3. The van der Waals surface area contributed by atoms with Gasteiger partial charge in [-0.2, -0.15) is 0 Å². The number of ketones is 1. The molecule has 0 amide bonds. The van der Waals surface area contributed by atoms with Crippen LogP contribution < -0.4 is 5.73 Å². The van der Waals surface area contributed by atoms with E-state index in [1.54, 1.807) is 0 Å². The second kappa shape index (κ2) is 3.95. The molecule has 1 heterocycles. The van der Waals surface area contributed by atoms with Gasteiger partial charge in [-0.25, -0.2) is 9.78 Å². The molecule has 5 nitrogen and oxygen atoms in total. The maximum Gasteiger partial charge on any atom is 0.356 e. The Kier molecular flexibility index (Phi) is 2.77. The highest BCUT2D eigenvalue weighted by atomic mass is 32.1. The molecule has 1 aromatic heterocycles. The molecule has 2 rings (SSSR count). The molecule has 0 bridgehead atoms. The third kappa shape index (κ3) is 1.98. The summed E-state index contributed by atoms with van der Waals surface area (Å²) in [6, 6.07) is -0.226. The topological polar surface area (TPSA) is 93.3 Å². The Balaban J connectivity index is 2.37. The maximum atomic E-state index is 11.3. The van der Waals surface area contributed by atoms with Crippen LogP contribution in [0.5, 0.6) is 0 Å². The van der Waals surface area contributed by atoms with Crippen LogP contribution in [-0.4, -0.2) is 21.8 Å². The van der Waals surface area contributed by atoms with Crippen molar-refractivity contribution < 1.29 is 14.7 Å². The van der Waals surface area contributed by atoms with E-state index in [-0.39, 0.29) is 22.4 Å². The van der Waals surface area contributed by atoms with Crippen LogP contribution in [0.15, 0.2) is 0 Å². The first kappa shape index (κ1) is 11.2. The first-order chi connectivity index (χ1) is 7.50.